The molecule has 0 saturated carbocycles. The van der Waals surface area contributed by atoms with Crippen molar-refractivity contribution in [1.82, 2.24) is 4.90 Å². The molecule has 6 nitrogen and oxygen atoms in total. The molecule has 166 valence electrons. The summed E-state index contributed by atoms with van der Waals surface area (Å²) < 4.78 is 11.1. The SMILES string of the molecule is COc1cc(/C=C/C(=O)N(C)CC(=O)Nc2c(C)cccc2C)cc(Cl)c1OC(C)C. The second kappa shape index (κ2) is 10.9. The molecular weight excluding hydrogens is 416 g/mol. The lowest BCUT2D eigenvalue weighted by Gasteiger charge is -2.17. The van der Waals surface area contributed by atoms with Gasteiger partial charge >= 0.3 is 0 Å². The predicted octanol–water partition coefficient (Wildman–Crippen LogP) is 4.86. The maximum absolute atomic E-state index is 12.5. The average Bonchev–Trinajstić information content (AvgIpc) is 2.70. The first-order valence-corrected chi connectivity index (χ1v) is 10.3. The van der Waals surface area contributed by atoms with Crippen LogP contribution in [0, 0.1) is 13.8 Å². The normalized spacial score (nSPS) is 11.0. The summed E-state index contributed by atoms with van der Waals surface area (Å²) in [4.78, 5) is 26.2. The minimum absolute atomic E-state index is 0.0578. The molecule has 2 aromatic rings. The Balaban J connectivity index is 2.05. The maximum atomic E-state index is 12.5. The number of likely N-dealkylation sites (N-methyl/N-ethyl adjacent to an activating group) is 1. The number of halogens is 1. The van der Waals surface area contributed by atoms with E-state index in [-0.39, 0.29) is 24.5 Å². The highest BCUT2D eigenvalue weighted by Gasteiger charge is 2.15. The van der Waals surface area contributed by atoms with Crippen LogP contribution < -0.4 is 14.8 Å². The lowest BCUT2D eigenvalue weighted by molar-refractivity contribution is -0.129. The van der Waals surface area contributed by atoms with Gasteiger partial charge < -0.3 is 19.7 Å². The first kappa shape index (κ1) is 24.3. The number of hydrogen-bond acceptors (Lipinski definition) is 4. The fraction of sp³-hybridized carbons (Fsp3) is 0.333. The lowest BCUT2D eigenvalue weighted by atomic mass is 10.1. The molecule has 0 atom stereocenters. The molecule has 31 heavy (non-hydrogen) atoms. The largest absolute Gasteiger partial charge is 0.493 e. The molecular formula is C24H29ClN2O4. The quantitative estimate of drug-likeness (QED) is 0.590. The van der Waals surface area contributed by atoms with E-state index in [1.165, 1.54) is 18.1 Å². The second-order valence-electron chi connectivity index (χ2n) is 7.54. The molecule has 2 amide bonds. The van der Waals surface area contributed by atoms with Crippen molar-refractivity contribution in [1.29, 1.82) is 0 Å². The van der Waals surface area contributed by atoms with Crippen molar-refractivity contribution in [2.45, 2.75) is 33.8 Å². The van der Waals surface area contributed by atoms with Crippen LogP contribution in [0.25, 0.3) is 6.08 Å². The van der Waals surface area contributed by atoms with Gasteiger partial charge in [0.1, 0.15) is 0 Å². The van der Waals surface area contributed by atoms with Crippen molar-refractivity contribution in [3.8, 4) is 11.5 Å². The van der Waals surface area contributed by atoms with Crippen LogP contribution in [-0.2, 0) is 9.59 Å². The number of nitrogens with one attached hydrogen (secondary N) is 1. The van der Waals surface area contributed by atoms with E-state index in [0.717, 1.165) is 16.8 Å². The topological polar surface area (TPSA) is 67.9 Å². The Morgan fingerprint density at radius 1 is 1.19 bits per heavy atom. The molecule has 2 aromatic carbocycles. The van der Waals surface area contributed by atoms with Crippen molar-refractivity contribution < 1.29 is 19.1 Å². The van der Waals surface area contributed by atoms with E-state index >= 15 is 0 Å². The van der Waals surface area contributed by atoms with E-state index in [2.05, 4.69) is 5.32 Å². The molecule has 0 radical (unpaired) electrons. The summed E-state index contributed by atoms with van der Waals surface area (Å²) in [6.07, 6.45) is 2.95. The number of nitrogens with zero attached hydrogens (tertiary/aromatic N) is 1. The molecule has 0 aromatic heterocycles. The van der Waals surface area contributed by atoms with Gasteiger partial charge in [-0.2, -0.15) is 0 Å². The molecule has 0 aliphatic carbocycles. The summed E-state index contributed by atoms with van der Waals surface area (Å²) in [7, 11) is 3.10. The summed E-state index contributed by atoms with van der Waals surface area (Å²) in [5.74, 6) is 0.369. The molecule has 0 heterocycles. The Hall–Kier alpha value is -2.99. The smallest absolute Gasteiger partial charge is 0.246 e. The average molecular weight is 445 g/mol. The van der Waals surface area contributed by atoms with Crippen LogP contribution in [0.4, 0.5) is 5.69 Å². The Morgan fingerprint density at radius 2 is 1.84 bits per heavy atom. The van der Waals surface area contributed by atoms with Crippen LogP contribution in [0.3, 0.4) is 0 Å². The molecule has 1 N–H and O–H groups in total. The summed E-state index contributed by atoms with van der Waals surface area (Å²) in [5.41, 5.74) is 3.39. The minimum atomic E-state index is -0.311. The zero-order valence-electron chi connectivity index (χ0n) is 18.8. The third-order valence-electron chi connectivity index (χ3n) is 4.53. The minimum Gasteiger partial charge on any atom is -0.493 e. The number of carbonyl (C=O) groups excluding carboxylic acids is 2. The van der Waals surface area contributed by atoms with Gasteiger partial charge in [0.15, 0.2) is 11.5 Å². The molecule has 2 rings (SSSR count). The highest BCUT2D eigenvalue weighted by atomic mass is 35.5. The predicted molar refractivity (Wildman–Crippen MR) is 125 cm³/mol. The van der Waals surface area contributed by atoms with Crippen molar-refractivity contribution in [3.63, 3.8) is 0 Å². The fourth-order valence-corrected chi connectivity index (χ4v) is 3.23. The van der Waals surface area contributed by atoms with E-state index in [4.69, 9.17) is 21.1 Å². The zero-order chi connectivity index (χ0) is 23.1. The third-order valence-corrected chi connectivity index (χ3v) is 4.81. The van der Waals surface area contributed by atoms with Gasteiger partial charge in [-0.3, -0.25) is 9.59 Å². The number of para-hydroxylation sites is 1. The molecule has 0 saturated heterocycles. The van der Waals surface area contributed by atoms with E-state index in [1.54, 1.807) is 25.3 Å². The number of aryl methyl sites for hydroxylation is 2. The third kappa shape index (κ3) is 6.76. The van der Waals surface area contributed by atoms with Gasteiger partial charge in [0.25, 0.3) is 0 Å². The molecule has 0 fully saturated rings. The summed E-state index contributed by atoms with van der Waals surface area (Å²) in [6, 6.07) is 9.22. The number of ether oxygens (including phenoxy) is 2. The van der Waals surface area contributed by atoms with E-state index in [1.807, 2.05) is 45.9 Å². The van der Waals surface area contributed by atoms with Crippen molar-refractivity contribution in [3.05, 3.63) is 58.1 Å². The van der Waals surface area contributed by atoms with Crippen LogP contribution in [0.15, 0.2) is 36.4 Å². The summed E-state index contributed by atoms with van der Waals surface area (Å²) in [6.45, 7) is 7.58. The highest BCUT2D eigenvalue weighted by molar-refractivity contribution is 6.32. The van der Waals surface area contributed by atoms with Gasteiger partial charge in [0.2, 0.25) is 11.8 Å². The van der Waals surface area contributed by atoms with Crippen LogP contribution in [0.1, 0.15) is 30.5 Å². The van der Waals surface area contributed by atoms with Crippen LogP contribution >= 0.6 is 11.6 Å². The van der Waals surface area contributed by atoms with Crippen molar-refractivity contribution in [2.24, 2.45) is 0 Å². The summed E-state index contributed by atoms with van der Waals surface area (Å²) in [5, 5.41) is 3.27. The van der Waals surface area contributed by atoms with Crippen LogP contribution in [-0.4, -0.2) is 43.5 Å². The fourth-order valence-electron chi connectivity index (χ4n) is 2.96. The van der Waals surface area contributed by atoms with Crippen LogP contribution in [0.2, 0.25) is 5.02 Å². The lowest BCUT2D eigenvalue weighted by Crippen LogP contribution is -2.34. The number of benzene rings is 2. The Bertz CT molecular complexity index is 966. The molecule has 0 spiro atoms. The van der Waals surface area contributed by atoms with E-state index < -0.39 is 0 Å². The Labute approximate surface area is 188 Å². The van der Waals surface area contributed by atoms with E-state index in [9.17, 15) is 9.59 Å². The number of carbonyl (C=O) groups is 2. The zero-order valence-corrected chi connectivity index (χ0v) is 19.5. The molecule has 7 heteroatoms. The van der Waals surface area contributed by atoms with Gasteiger partial charge in [-0.1, -0.05) is 29.8 Å². The Morgan fingerprint density at radius 3 is 2.42 bits per heavy atom. The van der Waals surface area contributed by atoms with Gasteiger partial charge in [-0.15, -0.1) is 0 Å². The number of methoxy groups -OCH3 is 1. The van der Waals surface area contributed by atoms with Gasteiger partial charge in [-0.25, -0.2) is 0 Å². The number of anilines is 1. The highest BCUT2D eigenvalue weighted by Crippen LogP contribution is 2.37. The Kier molecular flexibility index (Phi) is 8.51. The van der Waals surface area contributed by atoms with Crippen molar-refractivity contribution >= 4 is 35.2 Å². The standard InChI is InChI=1S/C24H29ClN2O4/c1-15(2)31-24-19(25)12-18(13-20(24)30-6)10-11-22(29)27(5)14-21(28)26-23-16(3)8-7-9-17(23)4/h7-13,15H,14H2,1-6H3,(H,26,28)/b11-10+. The number of rotatable bonds is 8. The number of amides is 2. The van der Waals surface area contributed by atoms with Gasteiger partial charge in [0.05, 0.1) is 24.8 Å². The van der Waals surface area contributed by atoms with Gasteiger partial charge in [0, 0.05) is 18.8 Å². The molecule has 0 aliphatic heterocycles. The molecule has 0 unspecified atom stereocenters. The van der Waals surface area contributed by atoms with Gasteiger partial charge in [-0.05, 0) is 62.6 Å². The van der Waals surface area contributed by atoms with E-state index in [0.29, 0.717) is 22.1 Å². The number of hydrogen-bond donors (Lipinski definition) is 1. The first-order chi connectivity index (χ1) is 14.6. The molecule has 0 aliphatic rings. The monoisotopic (exact) mass is 444 g/mol. The second-order valence-corrected chi connectivity index (χ2v) is 7.95. The summed E-state index contributed by atoms with van der Waals surface area (Å²) >= 11 is 6.32. The van der Waals surface area contributed by atoms with Crippen molar-refractivity contribution in [2.75, 3.05) is 26.0 Å². The van der Waals surface area contributed by atoms with Crippen LogP contribution in [0.5, 0.6) is 11.5 Å². The molecule has 0 bridgehead atoms. The maximum Gasteiger partial charge on any atom is 0.246 e. The first-order valence-electron chi connectivity index (χ1n) is 9.95.